The van der Waals surface area contributed by atoms with Crippen molar-refractivity contribution in [2.75, 3.05) is 6.54 Å². The number of aryl methyl sites for hydroxylation is 1. The Balaban J connectivity index is 1.87. The standard InChI is InChI=1S/C15H20N6O2/c1-10(2)17-13(22)8-16-14(23)9-21-19-15(18-20-21)12-6-4-11(3)5-7-12/h4-7,10H,8-9H2,1-3H3,(H,16,23)(H,17,22). The van der Waals surface area contributed by atoms with E-state index in [1.165, 1.54) is 4.80 Å². The lowest BCUT2D eigenvalue weighted by atomic mass is 10.1. The van der Waals surface area contributed by atoms with Crippen LogP contribution in [0.5, 0.6) is 0 Å². The van der Waals surface area contributed by atoms with Gasteiger partial charge in [0.1, 0.15) is 6.54 Å². The number of hydrogen-bond acceptors (Lipinski definition) is 5. The summed E-state index contributed by atoms with van der Waals surface area (Å²) in [5, 5.41) is 17.1. The average molecular weight is 316 g/mol. The molecule has 2 N–H and O–H groups in total. The van der Waals surface area contributed by atoms with Crippen LogP contribution in [0.4, 0.5) is 0 Å². The number of carbonyl (C=O) groups is 2. The highest BCUT2D eigenvalue weighted by molar-refractivity contribution is 5.84. The van der Waals surface area contributed by atoms with E-state index in [0.717, 1.165) is 11.1 Å². The van der Waals surface area contributed by atoms with Gasteiger partial charge in [0.2, 0.25) is 17.6 Å². The van der Waals surface area contributed by atoms with Crippen LogP contribution in [0.2, 0.25) is 0 Å². The van der Waals surface area contributed by atoms with Crippen molar-refractivity contribution in [3.8, 4) is 11.4 Å². The van der Waals surface area contributed by atoms with Gasteiger partial charge in [-0.05, 0) is 26.0 Å². The van der Waals surface area contributed by atoms with Gasteiger partial charge < -0.3 is 10.6 Å². The van der Waals surface area contributed by atoms with Crippen LogP contribution in [0, 0.1) is 6.92 Å². The fraction of sp³-hybridized carbons (Fsp3) is 0.400. The van der Waals surface area contributed by atoms with Crippen LogP contribution in [0.15, 0.2) is 24.3 Å². The first kappa shape index (κ1) is 16.6. The Hall–Kier alpha value is -2.77. The molecular formula is C15H20N6O2. The highest BCUT2D eigenvalue weighted by Crippen LogP contribution is 2.13. The molecule has 2 amide bonds. The van der Waals surface area contributed by atoms with Crippen molar-refractivity contribution in [3.05, 3.63) is 29.8 Å². The second-order valence-electron chi connectivity index (χ2n) is 5.51. The van der Waals surface area contributed by atoms with E-state index in [4.69, 9.17) is 0 Å². The fourth-order valence-corrected chi connectivity index (χ4v) is 1.86. The highest BCUT2D eigenvalue weighted by Gasteiger charge is 2.10. The van der Waals surface area contributed by atoms with Crippen molar-refractivity contribution >= 4 is 11.8 Å². The molecular weight excluding hydrogens is 296 g/mol. The van der Waals surface area contributed by atoms with E-state index in [9.17, 15) is 9.59 Å². The first-order valence-electron chi connectivity index (χ1n) is 7.35. The van der Waals surface area contributed by atoms with E-state index < -0.39 is 0 Å². The molecule has 1 aromatic carbocycles. The van der Waals surface area contributed by atoms with E-state index in [0.29, 0.717) is 5.82 Å². The molecule has 2 aromatic rings. The predicted octanol–water partition coefficient (Wildman–Crippen LogP) is 0.289. The molecule has 2 rings (SSSR count). The maximum Gasteiger partial charge on any atom is 0.244 e. The lowest BCUT2D eigenvalue weighted by molar-refractivity contribution is -0.126. The van der Waals surface area contributed by atoms with Crippen molar-refractivity contribution in [3.63, 3.8) is 0 Å². The van der Waals surface area contributed by atoms with Crippen molar-refractivity contribution in [2.24, 2.45) is 0 Å². The molecule has 0 saturated heterocycles. The van der Waals surface area contributed by atoms with Crippen LogP contribution in [0.1, 0.15) is 19.4 Å². The zero-order valence-electron chi connectivity index (χ0n) is 13.4. The van der Waals surface area contributed by atoms with Gasteiger partial charge in [0.15, 0.2) is 0 Å². The molecule has 23 heavy (non-hydrogen) atoms. The number of rotatable bonds is 6. The molecule has 0 atom stereocenters. The molecule has 0 bridgehead atoms. The molecule has 0 unspecified atom stereocenters. The van der Waals surface area contributed by atoms with Crippen LogP contribution >= 0.6 is 0 Å². The lowest BCUT2D eigenvalue weighted by Gasteiger charge is -2.08. The SMILES string of the molecule is Cc1ccc(-c2nnn(CC(=O)NCC(=O)NC(C)C)n2)cc1. The zero-order chi connectivity index (χ0) is 16.8. The van der Waals surface area contributed by atoms with Gasteiger partial charge in [-0.1, -0.05) is 29.8 Å². The number of tetrazole rings is 1. The highest BCUT2D eigenvalue weighted by atomic mass is 16.2. The molecule has 0 radical (unpaired) electrons. The number of aromatic nitrogens is 4. The summed E-state index contributed by atoms with van der Waals surface area (Å²) in [6.07, 6.45) is 0. The first-order valence-corrected chi connectivity index (χ1v) is 7.35. The number of benzene rings is 1. The van der Waals surface area contributed by atoms with E-state index in [1.807, 2.05) is 45.0 Å². The Labute approximate surface area is 134 Å². The summed E-state index contributed by atoms with van der Waals surface area (Å²) in [5.74, 6) is -0.132. The Morgan fingerprint density at radius 1 is 1.17 bits per heavy atom. The summed E-state index contributed by atoms with van der Waals surface area (Å²) in [5.41, 5.74) is 1.97. The van der Waals surface area contributed by atoms with Gasteiger partial charge in [-0.25, -0.2) is 0 Å². The quantitative estimate of drug-likeness (QED) is 0.797. The van der Waals surface area contributed by atoms with Crippen molar-refractivity contribution < 1.29 is 9.59 Å². The Kier molecular flexibility index (Phi) is 5.40. The normalized spacial score (nSPS) is 10.6. The maximum absolute atomic E-state index is 11.8. The Bertz CT molecular complexity index is 678. The van der Waals surface area contributed by atoms with Crippen LogP contribution in [-0.4, -0.2) is 44.6 Å². The number of carbonyl (C=O) groups excluding carboxylic acids is 2. The maximum atomic E-state index is 11.8. The van der Waals surface area contributed by atoms with Gasteiger partial charge in [0, 0.05) is 11.6 Å². The minimum Gasteiger partial charge on any atom is -0.352 e. The molecule has 0 aliphatic rings. The van der Waals surface area contributed by atoms with Gasteiger partial charge in [0.05, 0.1) is 6.54 Å². The summed E-state index contributed by atoms with van der Waals surface area (Å²) in [7, 11) is 0. The smallest absolute Gasteiger partial charge is 0.244 e. The van der Waals surface area contributed by atoms with Gasteiger partial charge in [-0.2, -0.15) is 4.80 Å². The minimum atomic E-state index is -0.350. The molecule has 8 nitrogen and oxygen atoms in total. The summed E-state index contributed by atoms with van der Waals surface area (Å²) in [6, 6.07) is 7.74. The summed E-state index contributed by atoms with van der Waals surface area (Å²) in [6.45, 7) is 5.54. The topological polar surface area (TPSA) is 102 Å². The molecule has 0 aliphatic heterocycles. The molecule has 122 valence electrons. The second-order valence-corrected chi connectivity index (χ2v) is 5.51. The van der Waals surface area contributed by atoms with E-state index in [2.05, 4.69) is 26.0 Å². The molecule has 0 saturated carbocycles. The molecule has 1 heterocycles. The van der Waals surface area contributed by atoms with Crippen molar-refractivity contribution in [1.29, 1.82) is 0 Å². The van der Waals surface area contributed by atoms with E-state index >= 15 is 0 Å². The molecule has 1 aromatic heterocycles. The Morgan fingerprint density at radius 3 is 2.52 bits per heavy atom. The summed E-state index contributed by atoms with van der Waals surface area (Å²) in [4.78, 5) is 24.4. The summed E-state index contributed by atoms with van der Waals surface area (Å²) < 4.78 is 0. The van der Waals surface area contributed by atoms with Crippen molar-refractivity contribution in [1.82, 2.24) is 30.8 Å². The number of nitrogens with zero attached hydrogens (tertiary/aromatic N) is 4. The number of nitrogens with one attached hydrogen (secondary N) is 2. The van der Waals surface area contributed by atoms with Gasteiger partial charge in [-0.3, -0.25) is 9.59 Å². The summed E-state index contributed by atoms with van der Waals surface area (Å²) >= 11 is 0. The largest absolute Gasteiger partial charge is 0.352 e. The van der Waals surface area contributed by atoms with E-state index in [1.54, 1.807) is 0 Å². The molecule has 0 fully saturated rings. The third-order valence-electron chi connectivity index (χ3n) is 2.94. The van der Waals surface area contributed by atoms with E-state index in [-0.39, 0.29) is 30.9 Å². The van der Waals surface area contributed by atoms with Gasteiger partial charge in [-0.15, -0.1) is 10.2 Å². The third-order valence-corrected chi connectivity index (χ3v) is 2.94. The van der Waals surface area contributed by atoms with Crippen molar-refractivity contribution in [2.45, 2.75) is 33.4 Å². The fourth-order valence-electron chi connectivity index (χ4n) is 1.86. The number of hydrogen-bond donors (Lipinski definition) is 2. The molecule has 8 heteroatoms. The third kappa shape index (κ3) is 5.17. The first-order chi connectivity index (χ1) is 10.9. The zero-order valence-corrected chi connectivity index (χ0v) is 13.4. The molecule has 0 spiro atoms. The van der Waals surface area contributed by atoms with Crippen LogP contribution < -0.4 is 10.6 Å². The molecule has 0 aliphatic carbocycles. The predicted molar refractivity (Wildman–Crippen MR) is 84.3 cm³/mol. The number of amides is 2. The van der Waals surface area contributed by atoms with Crippen LogP contribution in [0.25, 0.3) is 11.4 Å². The van der Waals surface area contributed by atoms with Gasteiger partial charge >= 0.3 is 0 Å². The van der Waals surface area contributed by atoms with Crippen LogP contribution in [0.3, 0.4) is 0 Å². The average Bonchev–Trinajstić information content (AvgIpc) is 2.93. The Morgan fingerprint density at radius 2 is 1.87 bits per heavy atom. The van der Waals surface area contributed by atoms with Gasteiger partial charge in [0.25, 0.3) is 0 Å². The van der Waals surface area contributed by atoms with Crippen LogP contribution in [-0.2, 0) is 16.1 Å². The monoisotopic (exact) mass is 316 g/mol. The second kappa shape index (κ2) is 7.48. The minimum absolute atomic E-state index is 0.0356. The lowest BCUT2D eigenvalue weighted by Crippen LogP contribution is -2.40.